The van der Waals surface area contributed by atoms with Gasteiger partial charge in [0.15, 0.2) is 0 Å². The highest BCUT2D eigenvalue weighted by Crippen LogP contribution is 2.18. The first-order valence-electron chi connectivity index (χ1n) is 8.87. The number of ether oxygens (including phenoxy) is 1. The molecule has 0 bridgehead atoms. The van der Waals surface area contributed by atoms with Crippen molar-refractivity contribution in [2.24, 2.45) is 13.0 Å². The van der Waals surface area contributed by atoms with Gasteiger partial charge in [-0.25, -0.2) is 0 Å². The Balaban J connectivity index is 2.03. The second kappa shape index (κ2) is 7.99. The first-order valence-corrected chi connectivity index (χ1v) is 8.87. The summed E-state index contributed by atoms with van der Waals surface area (Å²) in [5.74, 6) is 0.393. The summed E-state index contributed by atoms with van der Waals surface area (Å²) in [5, 5.41) is 4.14. The van der Waals surface area contributed by atoms with E-state index in [1.807, 2.05) is 30.7 Å². The molecule has 1 saturated heterocycles. The third-order valence-electron chi connectivity index (χ3n) is 4.91. The summed E-state index contributed by atoms with van der Waals surface area (Å²) in [6, 6.07) is -0.0352. The number of hydrogen-bond acceptors (Lipinski definition) is 4. The molecule has 2 atom stereocenters. The average molecular weight is 350 g/mol. The van der Waals surface area contributed by atoms with Crippen LogP contribution in [0.15, 0.2) is 6.20 Å². The number of rotatable bonds is 5. The van der Waals surface area contributed by atoms with E-state index in [9.17, 15) is 9.59 Å². The molecule has 2 amide bonds. The number of nitrogens with zero attached hydrogens (tertiary/aromatic N) is 4. The highest BCUT2D eigenvalue weighted by molar-refractivity contribution is 5.95. The van der Waals surface area contributed by atoms with Crippen LogP contribution in [0, 0.1) is 12.8 Å². The molecule has 0 aromatic carbocycles. The number of methoxy groups -OCH3 is 1. The van der Waals surface area contributed by atoms with Crippen LogP contribution in [0.4, 0.5) is 0 Å². The van der Waals surface area contributed by atoms with E-state index in [1.54, 1.807) is 18.0 Å². The van der Waals surface area contributed by atoms with Crippen LogP contribution in [0.1, 0.15) is 43.2 Å². The Morgan fingerprint density at radius 2 is 2.04 bits per heavy atom. The molecule has 7 nitrogen and oxygen atoms in total. The third kappa shape index (κ3) is 4.21. The smallest absolute Gasteiger partial charge is 0.257 e. The molecule has 1 aliphatic heterocycles. The van der Waals surface area contributed by atoms with Crippen molar-refractivity contribution in [3.8, 4) is 0 Å². The van der Waals surface area contributed by atoms with Crippen molar-refractivity contribution in [2.75, 3.05) is 26.7 Å². The van der Waals surface area contributed by atoms with Crippen LogP contribution in [0.3, 0.4) is 0 Å². The summed E-state index contributed by atoms with van der Waals surface area (Å²) in [5.41, 5.74) is 1.48. The lowest BCUT2D eigenvalue weighted by atomic mass is 10.0. The molecule has 2 unspecified atom stereocenters. The van der Waals surface area contributed by atoms with Gasteiger partial charge in [-0.15, -0.1) is 0 Å². The lowest BCUT2D eigenvalue weighted by Crippen LogP contribution is -2.57. The van der Waals surface area contributed by atoms with Gasteiger partial charge in [0.05, 0.1) is 11.8 Å². The van der Waals surface area contributed by atoms with Gasteiger partial charge in [0.1, 0.15) is 6.10 Å². The zero-order chi connectivity index (χ0) is 18.7. The topological polar surface area (TPSA) is 67.7 Å². The van der Waals surface area contributed by atoms with Crippen molar-refractivity contribution >= 4 is 11.8 Å². The molecule has 7 heteroatoms. The SMILES string of the molecule is COC(CC(C)C)C(=O)N1CCN(C(=O)c2cnn(C)c2C)CC1C. The summed E-state index contributed by atoms with van der Waals surface area (Å²) in [4.78, 5) is 29.2. The summed E-state index contributed by atoms with van der Waals surface area (Å²) < 4.78 is 7.10. The lowest BCUT2D eigenvalue weighted by molar-refractivity contribution is -0.147. The molecule has 0 saturated carbocycles. The zero-order valence-electron chi connectivity index (χ0n) is 16.2. The van der Waals surface area contributed by atoms with Crippen LogP contribution >= 0.6 is 0 Å². The average Bonchev–Trinajstić information content (AvgIpc) is 2.90. The van der Waals surface area contributed by atoms with Crippen molar-refractivity contribution in [2.45, 2.75) is 46.3 Å². The Labute approximate surface area is 149 Å². The second-order valence-electron chi connectivity index (χ2n) is 7.25. The summed E-state index contributed by atoms with van der Waals surface area (Å²) in [7, 11) is 3.41. The van der Waals surface area contributed by atoms with Gasteiger partial charge in [-0.1, -0.05) is 13.8 Å². The molecular weight excluding hydrogens is 320 g/mol. The molecule has 25 heavy (non-hydrogen) atoms. The largest absolute Gasteiger partial charge is 0.372 e. The van der Waals surface area contributed by atoms with Crippen LogP contribution in [0.5, 0.6) is 0 Å². The van der Waals surface area contributed by atoms with E-state index < -0.39 is 6.10 Å². The van der Waals surface area contributed by atoms with E-state index in [0.29, 0.717) is 37.5 Å². The molecule has 0 radical (unpaired) electrons. The first-order chi connectivity index (χ1) is 11.8. The summed E-state index contributed by atoms with van der Waals surface area (Å²) in [6.07, 6.45) is 1.91. The van der Waals surface area contributed by atoms with E-state index in [-0.39, 0.29) is 17.9 Å². The Morgan fingerprint density at radius 3 is 2.52 bits per heavy atom. The number of aryl methyl sites for hydroxylation is 1. The van der Waals surface area contributed by atoms with Gasteiger partial charge in [-0.2, -0.15) is 5.10 Å². The second-order valence-corrected chi connectivity index (χ2v) is 7.25. The fourth-order valence-corrected chi connectivity index (χ4v) is 3.26. The van der Waals surface area contributed by atoms with Crippen molar-refractivity contribution < 1.29 is 14.3 Å². The minimum absolute atomic E-state index is 0.0185. The maximum atomic E-state index is 12.8. The fourth-order valence-electron chi connectivity index (χ4n) is 3.26. The molecule has 1 fully saturated rings. The normalized spacial score (nSPS) is 19.4. The maximum absolute atomic E-state index is 12.8. The van der Waals surface area contributed by atoms with E-state index >= 15 is 0 Å². The predicted octanol–water partition coefficient (Wildman–Crippen LogP) is 1.46. The molecule has 0 spiro atoms. The highest BCUT2D eigenvalue weighted by Gasteiger charge is 2.34. The molecule has 2 rings (SSSR count). The number of carbonyl (C=O) groups excluding carboxylic acids is 2. The number of aromatic nitrogens is 2. The molecule has 1 aromatic rings. The molecule has 0 N–H and O–H groups in total. The maximum Gasteiger partial charge on any atom is 0.257 e. The molecular formula is C18H30N4O3. The number of carbonyl (C=O) groups is 2. The Hall–Kier alpha value is -1.89. The quantitative estimate of drug-likeness (QED) is 0.806. The van der Waals surface area contributed by atoms with Crippen LogP contribution in [0.25, 0.3) is 0 Å². The first kappa shape index (κ1) is 19.4. The minimum atomic E-state index is -0.412. The lowest BCUT2D eigenvalue weighted by Gasteiger charge is -2.41. The minimum Gasteiger partial charge on any atom is -0.372 e. The van der Waals surface area contributed by atoms with Gasteiger partial charge in [0, 0.05) is 45.5 Å². The van der Waals surface area contributed by atoms with Gasteiger partial charge in [0.25, 0.3) is 11.8 Å². The van der Waals surface area contributed by atoms with Crippen LogP contribution < -0.4 is 0 Å². The van der Waals surface area contributed by atoms with Crippen molar-refractivity contribution in [3.63, 3.8) is 0 Å². The van der Waals surface area contributed by atoms with Crippen LogP contribution in [-0.4, -0.2) is 70.3 Å². The van der Waals surface area contributed by atoms with E-state index in [4.69, 9.17) is 4.74 Å². The summed E-state index contributed by atoms with van der Waals surface area (Å²) in [6.45, 7) is 9.61. The third-order valence-corrected chi connectivity index (χ3v) is 4.91. The van der Waals surface area contributed by atoms with Crippen molar-refractivity contribution in [3.05, 3.63) is 17.5 Å². The van der Waals surface area contributed by atoms with Gasteiger partial charge in [0.2, 0.25) is 0 Å². The standard InChI is InChI=1S/C18H30N4O3/c1-12(2)9-16(25-6)18(24)22-8-7-21(11-13(22)3)17(23)15-10-19-20(5)14(15)4/h10,12-13,16H,7-9,11H2,1-6H3. The van der Waals surface area contributed by atoms with Crippen molar-refractivity contribution in [1.29, 1.82) is 0 Å². The van der Waals surface area contributed by atoms with E-state index in [2.05, 4.69) is 18.9 Å². The molecule has 2 heterocycles. The van der Waals surface area contributed by atoms with Gasteiger partial charge in [-0.3, -0.25) is 14.3 Å². The molecule has 1 aliphatic rings. The highest BCUT2D eigenvalue weighted by atomic mass is 16.5. The number of piperazine rings is 1. The molecule has 0 aliphatic carbocycles. The van der Waals surface area contributed by atoms with Gasteiger partial charge >= 0.3 is 0 Å². The fraction of sp³-hybridized carbons (Fsp3) is 0.722. The Kier molecular flexibility index (Phi) is 6.21. The molecule has 140 valence electrons. The van der Waals surface area contributed by atoms with Crippen LogP contribution in [0.2, 0.25) is 0 Å². The van der Waals surface area contributed by atoms with E-state index in [1.165, 1.54) is 0 Å². The van der Waals surface area contributed by atoms with Gasteiger partial charge < -0.3 is 14.5 Å². The van der Waals surface area contributed by atoms with Gasteiger partial charge in [-0.05, 0) is 26.2 Å². The number of amides is 2. The Bertz CT molecular complexity index is 626. The molecule has 1 aromatic heterocycles. The van der Waals surface area contributed by atoms with Crippen LogP contribution in [-0.2, 0) is 16.6 Å². The summed E-state index contributed by atoms with van der Waals surface area (Å²) >= 11 is 0. The number of hydrogen-bond donors (Lipinski definition) is 0. The van der Waals surface area contributed by atoms with E-state index in [0.717, 1.165) is 5.69 Å². The van der Waals surface area contributed by atoms with Crippen molar-refractivity contribution in [1.82, 2.24) is 19.6 Å². The zero-order valence-corrected chi connectivity index (χ0v) is 16.2. The monoisotopic (exact) mass is 350 g/mol. The Morgan fingerprint density at radius 1 is 1.36 bits per heavy atom. The predicted molar refractivity (Wildman–Crippen MR) is 95.3 cm³/mol.